The third-order valence-electron chi connectivity index (χ3n) is 2.59. The standard InChI is InChI=1S/C16H14BrNO/c1-12-5-8-15(9-6-12)18-16(19)10-7-13-3-2-4-14(17)11-13/h2-11H,1H3,(H,18,19)/b10-7+. The number of amides is 1. The van der Waals surface area contributed by atoms with Gasteiger partial charge in [0.15, 0.2) is 0 Å². The minimum absolute atomic E-state index is 0.135. The van der Waals surface area contributed by atoms with E-state index in [9.17, 15) is 4.79 Å². The van der Waals surface area contributed by atoms with Gasteiger partial charge in [-0.25, -0.2) is 0 Å². The van der Waals surface area contributed by atoms with E-state index in [1.165, 1.54) is 11.6 Å². The van der Waals surface area contributed by atoms with Crippen LogP contribution in [0, 0.1) is 6.92 Å². The van der Waals surface area contributed by atoms with Crippen molar-refractivity contribution in [1.82, 2.24) is 0 Å². The summed E-state index contributed by atoms with van der Waals surface area (Å²) in [5.41, 5.74) is 2.95. The van der Waals surface area contributed by atoms with Crippen molar-refractivity contribution in [1.29, 1.82) is 0 Å². The molecule has 0 aromatic heterocycles. The average molecular weight is 316 g/mol. The van der Waals surface area contributed by atoms with Crippen molar-refractivity contribution in [3.8, 4) is 0 Å². The molecular formula is C16H14BrNO. The number of carbonyl (C=O) groups excluding carboxylic acids is 1. The van der Waals surface area contributed by atoms with E-state index in [1.54, 1.807) is 6.08 Å². The van der Waals surface area contributed by atoms with Gasteiger partial charge in [-0.2, -0.15) is 0 Å². The number of anilines is 1. The fourth-order valence-electron chi connectivity index (χ4n) is 1.60. The predicted molar refractivity (Wildman–Crippen MR) is 83.0 cm³/mol. The SMILES string of the molecule is Cc1ccc(NC(=O)/C=C/c2cccc(Br)c2)cc1. The quantitative estimate of drug-likeness (QED) is 0.835. The van der Waals surface area contributed by atoms with Crippen LogP contribution in [0.5, 0.6) is 0 Å². The van der Waals surface area contributed by atoms with Gasteiger partial charge in [0.05, 0.1) is 0 Å². The minimum Gasteiger partial charge on any atom is -0.323 e. The molecule has 0 unspecified atom stereocenters. The molecule has 0 aliphatic heterocycles. The van der Waals surface area contributed by atoms with Gasteiger partial charge in [0.2, 0.25) is 5.91 Å². The van der Waals surface area contributed by atoms with Gasteiger partial charge in [-0.15, -0.1) is 0 Å². The smallest absolute Gasteiger partial charge is 0.248 e. The number of nitrogens with one attached hydrogen (secondary N) is 1. The van der Waals surface area contributed by atoms with Crippen LogP contribution >= 0.6 is 15.9 Å². The summed E-state index contributed by atoms with van der Waals surface area (Å²) in [6.45, 7) is 2.01. The summed E-state index contributed by atoms with van der Waals surface area (Å²) < 4.78 is 0.994. The molecule has 2 aromatic carbocycles. The molecule has 0 bridgehead atoms. The molecule has 2 rings (SSSR count). The molecular weight excluding hydrogens is 302 g/mol. The van der Waals surface area contributed by atoms with Crippen LogP contribution in [-0.2, 0) is 4.79 Å². The van der Waals surface area contributed by atoms with Crippen LogP contribution in [-0.4, -0.2) is 5.91 Å². The molecule has 0 radical (unpaired) electrons. The second kappa shape index (κ2) is 6.34. The van der Waals surface area contributed by atoms with Crippen molar-refractivity contribution in [2.45, 2.75) is 6.92 Å². The third-order valence-corrected chi connectivity index (χ3v) is 3.09. The molecule has 0 atom stereocenters. The molecule has 0 saturated heterocycles. The lowest BCUT2D eigenvalue weighted by molar-refractivity contribution is -0.111. The summed E-state index contributed by atoms with van der Waals surface area (Å²) in [5.74, 6) is -0.135. The van der Waals surface area contributed by atoms with Gasteiger partial charge >= 0.3 is 0 Å². The summed E-state index contributed by atoms with van der Waals surface area (Å²) in [7, 11) is 0. The Bertz CT molecular complexity index is 602. The van der Waals surface area contributed by atoms with Crippen LogP contribution in [0.4, 0.5) is 5.69 Å². The van der Waals surface area contributed by atoms with Gasteiger partial charge < -0.3 is 5.32 Å². The molecule has 0 saturated carbocycles. The lowest BCUT2D eigenvalue weighted by Crippen LogP contribution is -2.07. The van der Waals surface area contributed by atoms with Crippen LogP contribution < -0.4 is 5.32 Å². The second-order valence-electron chi connectivity index (χ2n) is 4.24. The summed E-state index contributed by atoms with van der Waals surface area (Å²) in [4.78, 5) is 11.7. The highest BCUT2D eigenvalue weighted by atomic mass is 79.9. The summed E-state index contributed by atoms with van der Waals surface area (Å²) >= 11 is 3.40. The van der Waals surface area contributed by atoms with E-state index in [-0.39, 0.29) is 5.91 Å². The molecule has 0 aliphatic carbocycles. The number of hydrogen-bond acceptors (Lipinski definition) is 1. The van der Waals surface area contributed by atoms with E-state index < -0.39 is 0 Å². The lowest BCUT2D eigenvalue weighted by atomic mass is 10.2. The Kier molecular flexibility index (Phi) is 4.53. The number of aryl methyl sites for hydroxylation is 1. The zero-order valence-electron chi connectivity index (χ0n) is 10.6. The van der Waals surface area contributed by atoms with E-state index in [0.717, 1.165) is 15.7 Å². The number of halogens is 1. The van der Waals surface area contributed by atoms with Gasteiger partial charge in [0.1, 0.15) is 0 Å². The Morgan fingerprint density at radius 1 is 1.16 bits per heavy atom. The van der Waals surface area contributed by atoms with Crippen LogP contribution in [0.15, 0.2) is 59.1 Å². The molecule has 0 aliphatic rings. The maximum Gasteiger partial charge on any atom is 0.248 e. The van der Waals surface area contributed by atoms with E-state index in [2.05, 4.69) is 21.2 Å². The van der Waals surface area contributed by atoms with Crippen LogP contribution in [0.1, 0.15) is 11.1 Å². The average Bonchev–Trinajstić information content (AvgIpc) is 2.39. The van der Waals surface area contributed by atoms with E-state index >= 15 is 0 Å². The Hall–Kier alpha value is -1.87. The Morgan fingerprint density at radius 3 is 2.58 bits per heavy atom. The highest BCUT2D eigenvalue weighted by Crippen LogP contribution is 2.13. The van der Waals surface area contributed by atoms with Gasteiger partial charge in [-0.1, -0.05) is 45.8 Å². The first-order valence-electron chi connectivity index (χ1n) is 5.95. The second-order valence-corrected chi connectivity index (χ2v) is 5.16. The van der Waals surface area contributed by atoms with Gasteiger partial charge in [0.25, 0.3) is 0 Å². The maximum atomic E-state index is 11.7. The first-order valence-corrected chi connectivity index (χ1v) is 6.74. The Balaban J connectivity index is 1.99. The predicted octanol–water partition coefficient (Wildman–Crippen LogP) is 4.41. The molecule has 2 nitrogen and oxygen atoms in total. The maximum absolute atomic E-state index is 11.7. The van der Waals surface area contributed by atoms with Crippen LogP contribution in [0.25, 0.3) is 6.08 Å². The fraction of sp³-hybridized carbons (Fsp3) is 0.0625. The largest absolute Gasteiger partial charge is 0.323 e. The normalized spacial score (nSPS) is 10.6. The zero-order chi connectivity index (χ0) is 13.7. The van der Waals surface area contributed by atoms with Crippen LogP contribution in [0.3, 0.4) is 0 Å². The van der Waals surface area contributed by atoms with Crippen molar-refractivity contribution in [3.05, 3.63) is 70.2 Å². The summed E-state index contributed by atoms with van der Waals surface area (Å²) in [5, 5.41) is 2.82. The molecule has 0 heterocycles. The fourth-order valence-corrected chi connectivity index (χ4v) is 2.02. The van der Waals surface area contributed by atoms with Gasteiger partial charge in [-0.05, 0) is 42.8 Å². The van der Waals surface area contributed by atoms with Crippen molar-refractivity contribution in [2.24, 2.45) is 0 Å². The third kappa shape index (κ3) is 4.38. The number of rotatable bonds is 3. The molecule has 96 valence electrons. The highest BCUT2D eigenvalue weighted by molar-refractivity contribution is 9.10. The van der Waals surface area contributed by atoms with Crippen molar-refractivity contribution in [3.63, 3.8) is 0 Å². The molecule has 2 aromatic rings. The van der Waals surface area contributed by atoms with E-state index in [4.69, 9.17) is 0 Å². The van der Waals surface area contributed by atoms with E-state index in [0.29, 0.717) is 0 Å². The first-order chi connectivity index (χ1) is 9.13. The van der Waals surface area contributed by atoms with Crippen LogP contribution in [0.2, 0.25) is 0 Å². The van der Waals surface area contributed by atoms with Crippen molar-refractivity contribution < 1.29 is 4.79 Å². The zero-order valence-corrected chi connectivity index (χ0v) is 12.1. The summed E-state index contributed by atoms with van der Waals surface area (Å²) in [6, 6.07) is 15.5. The molecule has 3 heteroatoms. The Morgan fingerprint density at radius 2 is 1.89 bits per heavy atom. The topological polar surface area (TPSA) is 29.1 Å². The summed E-state index contributed by atoms with van der Waals surface area (Å²) in [6.07, 6.45) is 3.32. The molecule has 0 fully saturated rings. The van der Waals surface area contributed by atoms with Gasteiger partial charge in [-0.3, -0.25) is 4.79 Å². The number of benzene rings is 2. The molecule has 0 spiro atoms. The molecule has 19 heavy (non-hydrogen) atoms. The van der Waals surface area contributed by atoms with E-state index in [1.807, 2.05) is 55.5 Å². The lowest BCUT2D eigenvalue weighted by Gasteiger charge is -2.02. The number of carbonyl (C=O) groups is 1. The number of hydrogen-bond donors (Lipinski definition) is 1. The molecule has 1 N–H and O–H groups in total. The van der Waals surface area contributed by atoms with Crippen molar-refractivity contribution in [2.75, 3.05) is 5.32 Å². The van der Waals surface area contributed by atoms with Crippen molar-refractivity contribution >= 4 is 33.6 Å². The monoisotopic (exact) mass is 315 g/mol. The first kappa shape index (κ1) is 13.6. The highest BCUT2D eigenvalue weighted by Gasteiger charge is 1.97. The van der Waals surface area contributed by atoms with Gasteiger partial charge in [0, 0.05) is 16.2 Å². The Labute approximate surface area is 121 Å². The molecule has 1 amide bonds. The minimum atomic E-state index is -0.135.